The Morgan fingerprint density at radius 3 is 3.00 bits per heavy atom. The van der Waals surface area contributed by atoms with Crippen LogP contribution >= 0.6 is 0 Å². The van der Waals surface area contributed by atoms with Gasteiger partial charge in [-0.3, -0.25) is 14.3 Å². The van der Waals surface area contributed by atoms with E-state index in [1.54, 1.807) is 15.8 Å². The highest BCUT2D eigenvalue weighted by Gasteiger charge is 2.34. The van der Waals surface area contributed by atoms with E-state index in [1.807, 2.05) is 6.92 Å². The summed E-state index contributed by atoms with van der Waals surface area (Å²) in [6.45, 7) is 3.88. The molecule has 0 radical (unpaired) electrons. The molecule has 1 aromatic rings. The summed E-state index contributed by atoms with van der Waals surface area (Å²) >= 11 is 0. The molecule has 2 heterocycles. The van der Waals surface area contributed by atoms with Crippen molar-refractivity contribution in [2.75, 3.05) is 13.1 Å². The molecule has 21 heavy (non-hydrogen) atoms. The lowest BCUT2D eigenvalue weighted by molar-refractivity contribution is -0.128. The second-order valence-corrected chi connectivity index (χ2v) is 5.86. The van der Waals surface area contributed by atoms with Crippen LogP contribution in [-0.4, -0.2) is 50.8 Å². The highest BCUT2D eigenvalue weighted by Crippen LogP contribution is 2.30. The molecule has 1 atom stereocenters. The number of nitrogens with one attached hydrogen (secondary N) is 1. The first kappa shape index (κ1) is 14.0. The van der Waals surface area contributed by atoms with Gasteiger partial charge in [0, 0.05) is 19.6 Å². The Morgan fingerprint density at radius 1 is 1.48 bits per heavy atom. The van der Waals surface area contributed by atoms with E-state index in [0.29, 0.717) is 31.1 Å². The smallest absolute Gasteiger partial charge is 0.276 e. The molecule has 0 aromatic carbocycles. The maximum atomic E-state index is 12.6. The number of carbonyl (C=O) groups excluding carboxylic acids is 2. The van der Waals surface area contributed by atoms with Crippen LogP contribution in [-0.2, 0) is 11.3 Å². The van der Waals surface area contributed by atoms with Crippen molar-refractivity contribution >= 4 is 11.8 Å². The zero-order valence-corrected chi connectivity index (χ0v) is 12.3. The number of nitrogens with zero attached hydrogens (tertiary/aromatic N) is 4. The maximum absolute atomic E-state index is 12.6. The van der Waals surface area contributed by atoms with Crippen LogP contribution in [0.3, 0.4) is 0 Å². The van der Waals surface area contributed by atoms with Crippen LogP contribution in [0, 0.1) is 5.92 Å². The monoisotopic (exact) mass is 291 g/mol. The van der Waals surface area contributed by atoms with Crippen molar-refractivity contribution in [3.8, 4) is 0 Å². The molecule has 3 rings (SSSR count). The van der Waals surface area contributed by atoms with Crippen LogP contribution in [0.1, 0.15) is 43.1 Å². The Bertz CT molecular complexity index is 537. The van der Waals surface area contributed by atoms with Crippen LogP contribution < -0.4 is 5.32 Å². The van der Waals surface area contributed by atoms with Gasteiger partial charge in [-0.05, 0) is 25.2 Å². The maximum Gasteiger partial charge on any atom is 0.276 e. The van der Waals surface area contributed by atoms with E-state index >= 15 is 0 Å². The van der Waals surface area contributed by atoms with Crippen molar-refractivity contribution < 1.29 is 9.59 Å². The van der Waals surface area contributed by atoms with Gasteiger partial charge in [0.25, 0.3) is 5.91 Å². The van der Waals surface area contributed by atoms with Gasteiger partial charge in [-0.1, -0.05) is 18.6 Å². The van der Waals surface area contributed by atoms with Gasteiger partial charge in [0.2, 0.25) is 5.91 Å². The first-order valence-corrected chi connectivity index (χ1v) is 7.68. The van der Waals surface area contributed by atoms with Gasteiger partial charge in [0.05, 0.1) is 6.20 Å². The number of aromatic nitrogens is 3. The van der Waals surface area contributed by atoms with Crippen LogP contribution in [0.4, 0.5) is 0 Å². The Morgan fingerprint density at radius 2 is 2.29 bits per heavy atom. The minimum absolute atomic E-state index is 0.0678. The topological polar surface area (TPSA) is 80.1 Å². The van der Waals surface area contributed by atoms with Gasteiger partial charge in [0.15, 0.2) is 5.69 Å². The molecule has 1 aromatic heterocycles. The molecular formula is C14H21N5O2. The molecular weight excluding hydrogens is 270 g/mol. The van der Waals surface area contributed by atoms with Gasteiger partial charge in [0.1, 0.15) is 6.04 Å². The second-order valence-electron chi connectivity index (χ2n) is 5.86. The van der Waals surface area contributed by atoms with Crippen molar-refractivity contribution in [2.24, 2.45) is 5.92 Å². The number of carbonyl (C=O) groups is 2. The Kier molecular flexibility index (Phi) is 3.90. The van der Waals surface area contributed by atoms with Crippen LogP contribution in [0.2, 0.25) is 0 Å². The molecule has 114 valence electrons. The summed E-state index contributed by atoms with van der Waals surface area (Å²) in [7, 11) is 0. The van der Waals surface area contributed by atoms with Crippen molar-refractivity contribution in [3.05, 3.63) is 11.9 Å². The van der Waals surface area contributed by atoms with Crippen LogP contribution in [0.25, 0.3) is 0 Å². The Hall–Kier alpha value is -1.92. The van der Waals surface area contributed by atoms with E-state index in [-0.39, 0.29) is 17.9 Å². The molecule has 7 heteroatoms. The first-order chi connectivity index (χ1) is 10.2. The number of piperazine rings is 1. The largest absolute Gasteiger partial charge is 0.353 e. The molecule has 0 bridgehead atoms. The molecule has 1 saturated carbocycles. The van der Waals surface area contributed by atoms with E-state index in [4.69, 9.17) is 0 Å². The minimum Gasteiger partial charge on any atom is -0.353 e. The molecule has 2 amide bonds. The van der Waals surface area contributed by atoms with E-state index in [2.05, 4.69) is 15.6 Å². The van der Waals surface area contributed by atoms with Gasteiger partial charge in [-0.2, -0.15) is 0 Å². The summed E-state index contributed by atoms with van der Waals surface area (Å²) in [4.78, 5) is 26.2. The predicted octanol–water partition coefficient (Wildman–Crippen LogP) is 0.429. The lowest BCUT2D eigenvalue weighted by Crippen LogP contribution is -2.57. The van der Waals surface area contributed by atoms with Crippen molar-refractivity contribution in [3.63, 3.8) is 0 Å². The molecule has 1 unspecified atom stereocenters. The number of hydrogen-bond donors (Lipinski definition) is 1. The van der Waals surface area contributed by atoms with Gasteiger partial charge < -0.3 is 10.2 Å². The summed E-state index contributed by atoms with van der Waals surface area (Å²) < 4.78 is 1.74. The van der Waals surface area contributed by atoms with E-state index in [1.165, 1.54) is 12.8 Å². The summed E-state index contributed by atoms with van der Waals surface area (Å²) in [6, 6.07) is -0.384. The summed E-state index contributed by atoms with van der Waals surface area (Å²) in [5.41, 5.74) is 0.339. The second kappa shape index (κ2) is 5.83. The zero-order chi connectivity index (χ0) is 14.8. The summed E-state index contributed by atoms with van der Waals surface area (Å²) in [5.74, 6) is 0.426. The van der Waals surface area contributed by atoms with Crippen molar-refractivity contribution in [1.29, 1.82) is 0 Å². The molecule has 1 aliphatic heterocycles. The van der Waals surface area contributed by atoms with E-state index < -0.39 is 0 Å². The van der Waals surface area contributed by atoms with Crippen LogP contribution in [0.15, 0.2) is 6.20 Å². The fraction of sp³-hybridized carbons (Fsp3) is 0.714. The molecule has 2 aliphatic rings. The third kappa shape index (κ3) is 3.06. The normalized spacial score (nSPS) is 22.2. The standard InChI is InChI=1S/C14H21N5O2/c1-2-3-12-13(20)15-6-7-19(12)14(21)11-9-18(17-16-11)8-10-4-5-10/h9-10,12H,2-8H2,1H3,(H,15,20). The third-order valence-electron chi connectivity index (χ3n) is 4.05. The number of hydrogen-bond acceptors (Lipinski definition) is 4. The van der Waals surface area contributed by atoms with Crippen molar-refractivity contribution in [2.45, 2.75) is 45.2 Å². The fourth-order valence-electron chi connectivity index (χ4n) is 2.72. The molecule has 1 saturated heterocycles. The summed E-state index contributed by atoms with van der Waals surface area (Å²) in [5, 5.41) is 10.8. The van der Waals surface area contributed by atoms with Gasteiger partial charge >= 0.3 is 0 Å². The fourth-order valence-corrected chi connectivity index (χ4v) is 2.72. The quantitative estimate of drug-likeness (QED) is 0.853. The average molecular weight is 291 g/mol. The Labute approximate surface area is 123 Å². The average Bonchev–Trinajstić information content (AvgIpc) is 3.16. The van der Waals surface area contributed by atoms with Gasteiger partial charge in [-0.15, -0.1) is 5.10 Å². The third-order valence-corrected chi connectivity index (χ3v) is 4.05. The SMILES string of the molecule is CCCC1C(=O)NCCN1C(=O)c1cn(CC2CC2)nn1. The van der Waals surface area contributed by atoms with Crippen molar-refractivity contribution in [1.82, 2.24) is 25.2 Å². The van der Waals surface area contributed by atoms with Crippen LogP contribution in [0.5, 0.6) is 0 Å². The highest BCUT2D eigenvalue weighted by molar-refractivity contribution is 5.96. The molecule has 0 spiro atoms. The lowest BCUT2D eigenvalue weighted by atomic mass is 10.1. The Balaban J connectivity index is 1.72. The van der Waals surface area contributed by atoms with E-state index in [0.717, 1.165) is 13.0 Å². The number of amides is 2. The lowest BCUT2D eigenvalue weighted by Gasteiger charge is -2.34. The first-order valence-electron chi connectivity index (χ1n) is 7.68. The molecule has 1 N–H and O–H groups in total. The highest BCUT2D eigenvalue weighted by atomic mass is 16.2. The van der Waals surface area contributed by atoms with E-state index in [9.17, 15) is 9.59 Å². The summed E-state index contributed by atoms with van der Waals surface area (Å²) in [6.07, 6.45) is 5.70. The molecule has 2 fully saturated rings. The zero-order valence-electron chi connectivity index (χ0n) is 12.3. The molecule has 7 nitrogen and oxygen atoms in total. The number of rotatable bonds is 5. The van der Waals surface area contributed by atoms with Gasteiger partial charge in [-0.25, -0.2) is 0 Å². The minimum atomic E-state index is -0.384. The predicted molar refractivity (Wildman–Crippen MR) is 75.5 cm³/mol. The molecule has 1 aliphatic carbocycles.